The van der Waals surface area contributed by atoms with Gasteiger partial charge in [-0.1, -0.05) is 24.3 Å². The van der Waals surface area contributed by atoms with Crippen molar-refractivity contribution in [3.05, 3.63) is 109 Å². The summed E-state index contributed by atoms with van der Waals surface area (Å²) in [5.41, 5.74) is 17.5. The predicted molar refractivity (Wildman–Crippen MR) is 239 cm³/mol. The van der Waals surface area contributed by atoms with Crippen LogP contribution in [-0.2, 0) is 14.2 Å². The maximum atomic E-state index is 14.4. The first-order chi connectivity index (χ1) is 31.4. The molecule has 1 atom stereocenters. The molecule has 6 aromatic rings. The smallest absolute Gasteiger partial charge is 0.304 e. The number of aromatic nitrogens is 6. The summed E-state index contributed by atoms with van der Waals surface area (Å²) in [6, 6.07) is 18.0. The number of benzene rings is 2. The first-order valence-corrected chi connectivity index (χ1v) is 20.9. The standard InChI is InChI=1S/C45H48N12O7/c46-42-40-44(58)55-37-25-48-11-8-34(37)50-13-7-31(10-15-63-32-5-1-3-29(23-32)36(53-40)27-52-42)57-28-39-30-4-2-6-33(24-30)64-22-21-62-20-19-61-18-17-60-16-14-51-35-9-12-49-26-38(35)56-45(59)41(54-39)43(57)47/h1-6,8-9,11-12,23-28,31H,7,10,13-22H2,(H7,46,47,48,49,50,51,52,53,54,55,56,58,59)/p+1. The third kappa shape index (κ3) is 10.9. The molecule has 19 nitrogen and oxygen atoms in total. The van der Waals surface area contributed by atoms with E-state index in [2.05, 4.69) is 41.2 Å². The fourth-order valence-electron chi connectivity index (χ4n) is 7.12. The Kier molecular flexibility index (Phi) is 14.2. The molecule has 2 aliphatic rings. The zero-order chi connectivity index (χ0) is 44.1. The molecule has 0 saturated heterocycles. The molecule has 0 saturated carbocycles. The average molecular weight is 870 g/mol. The molecule has 4 aromatic heterocycles. The van der Waals surface area contributed by atoms with Crippen molar-refractivity contribution in [3.63, 3.8) is 0 Å². The van der Waals surface area contributed by atoms with Crippen LogP contribution in [-0.4, -0.2) is 103 Å². The molecule has 2 amide bonds. The van der Waals surface area contributed by atoms with E-state index in [1.807, 2.05) is 59.3 Å². The van der Waals surface area contributed by atoms with E-state index < -0.39 is 11.8 Å². The molecule has 6 heterocycles. The molecule has 2 aromatic carbocycles. The molecule has 8 N–H and O–H groups in total. The number of anilines is 6. The number of fused-ring (bicyclic) bond motifs is 12. The average Bonchev–Trinajstić information content (AvgIpc) is 3.31. The highest BCUT2D eigenvalue weighted by atomic mass is 16.6. The van der Waals surface area contributed by atoms with Crippen LogP contribution in [0.3, 0.4) is 0 Å². The number of nitrogens with zero attached hydrogens (tertiary/aromatic N) is 6. The number of ether oxygens (including phenoxy) is 5. The maximum Gasteiger partial charge on any atom is 0.304 e. The van der Waals surface area contributed by atoms with Crippen LogP contribution in [0.25, 0.3) is 22.5 Å². The number of carbonyl (C=O) groups excluding carboxylic acids is 2. The molecule has 330 valence electrons. The number of nitrogens with two attached hydrogens (primary N) is 2. The van der Waals surface area contributed by atoms with Gasteiger partial charge in [0.25, 0.3) is 11.8 Å². The van der Waals surface area contributed by atoms with E-state index in [1.54, 1.807) is 36.9 Å². The van der Waals surface area contributed by atoms with Gasteiger partial charge in [-0.3, -0.25) is 25.3 Å². The van der Waals surface area contributed by atoms with E-state index in [1.165, 1.54) is 6.20 Å². The largest absolute Gasteiger partial charge is 0.493 e. The van der Waals surface area contributed by atoms with Crippen LogP contribution in [0, 0.1) is 0 Å². The molecule has 0 fully saturated rings. The van der Waals surface area contributed by atoms with E-state index in [9.17, 15) is 9.59 Å². The van der Waals surface area contributed by atoms with E-state index >= 15 is 0 Å². The third-order valence-electron chi connectivity index (χ3n) is 10.4. The SMILES string of the molecule is Nc1ncc2nc1C(=O)Nc1cnccc1NCCC([n+]1cc3nc(c1N)C(=O)Nc1cnccc1NCCOCCOCCOCCOc1cccc-3c1)CCOc1cccc-2c1. The lowest BCUT2D eigenvalue weighted by Crippen LogP contribution is -2.45. The number of rotatable bonds is 1. The van der Waals surface area contributed by atoms with Gasteiger partial charge in [0.15, 0.2) is 11.5 Å². The molecule has 8 rings (SSSR count). The first kappa shape index (κ1) is 43.2. The lowest BCUT2D eigenvalue weighted by Gasteiger charge is -2.21. The summed E-state index contributed by atoms with van der Waals surface area (Å²) >= 11 is 0. The summed E-state index contributed by atoms with van der Waals surface area (Å²) in [5, 5.41) is 12.6. The van der Waals surface area contributed by atoms with Crippen LogP contribution in [0.4, 0.5) is 34.4 Å². The number of amides is 2. The van der Waals surface area contributed by atoms with Crippen LogP contribution in [0.1, 0.15) is 39.9 Å². The number of hydrogen-bond acceptors (Lipinski definition) is 16. The molecular weight excluding hydrogens is 821 g/mol. The molecule has 0 radical (unpaired) electrons. The lowest BCUT2D eigenvalue weighted by molar-refractivity contribution is -0.710. The summed E-state index contributed by atoms with van der Waals surface area (Å²) in [6.07, 6.45) is 10.7. The van der Waals surface area contributed by atoms with E-state index in [0.717, 1.165) is 0 Å². The third-order valence-corrected chi connectivity index (χ3v) is 10.4. The molecule has 2 aliphatic heterocycles. The Bertz CT molecular complexity index is 2580. The highest BCUT2D eigenvalue weighted by Crippen LogP contribution is 2.29. The fraction of sp³-hybridized carbons (Fsp3) is 0.289. The molecule has 0 aliphatic carbocycles. The highest BCUT2D eigenvalue weighted by molar-refractivity contribution is 6.08. The Hall–Kier alpha value is -7.48. The quantitative estimate of drug-likeness (QED) is 0.123. The van der Waals surface area contributed by atoms with Crippen LogP contribution >= 0.6 is 0 Å². The van der Waals surface area contributed by atoms with Gasteiger partial charge >= 0.3 is 5.82 Å². The second-order valence-electron chi connectivity index (χ2n) is 14.7. The topological polar surface area (TPSA) is 249 Å². The van der Waals surface area contributed by atoms with Crippen LogP contribution in [0.15, 0.2) is 97.8 Å². The van der Waals surface area contributed by atoms with Gasteiger partial charge in [-0.15, -0.1) is 0 Å². The van der Waals surface area contributed by atoms with Crippen molar-refractivity contribution < 1.29 is 37.8 Å². The van der Waals surface area contributed by atoms with Gasteiger partial charge < -0.3 is 50.7 Å². The Morgan fingerprint density at radius 2 is 1.17 bits per heavy atom. The summed E-state index contributed by atoms with van der Waals surface area (Å²) in [6.45, 7) is 3.92. The Morgan fingerprint density at radius 1 is 0.594 bits per heavy atom. The second kappa shape index (κ2) is 21.1. The van der Waals surface area contributed by atoms with Crippen LogP contribution < -0.4 is 46.8 Å². The fourth-order valence-corrected chi connectivity index (χ4v) is 7.12. The van der Waals surface area contributed by atoms with Crippen LogP contribution in [0.2, 0.25) is 0 Å². The molecular formula is C45H49N12O7+. The molecule has 1 unspecified atom stereocenters. The van der Waals surface area contributed by atoms with E-state index in [0.29, 0.717) is 129 Å². The minimum atomic E-state index is -0.549. The minimum Gasteiger partial charge on any atom is -0.493 e. The summed E-state index contributed by atoms with van der Waals surface area (Å²) < 4.78 is 31.4. The van der Waals surface area contributed by atoms with Crippen molar-refractivity contribution in [1.82, 2.24) is 24.9 Å². The Balaban J connectivity index is 1.16. The van der Waals surface area contributed by atoms with Crippen molar-refractivity contribution in [2.24, 2.45) is 0 Å². The van der Waals surface area contributed by atoms with Gasteiger partial charge in [-0.25, -0.2) is 19.5 Å². The number of pyridine rings is 2. The number of carbonyl (C=O) groups is 2. The van der Waals surface area contributed by atoms with E-state index in [4.69, 9.17) is 40.1 Å². The molecule has 8 bridgehead atoms. The first-order valence-electron chi connectivity index (χ1n) is 20.9. The molecule has 19 heteroatoms. The highest BCUT2D eigenvalue weighted by Gasteiger charge is 2.29. The van der Waals surface area contributed by atoms with Crippen molar-refractivity contribution in [1.29, 1.82) is 0 Å². The Morgan fingerprint density at radius 3 is 1.86 bits per heavy atom. The van der Waals surface area contributed by atoms with Crippen molar-refractivity contribution >= 4 is 46.2 Å². The number of hydrogen-bond donors (Lipinski definition) is 6. The normalized spacial score (nSPS) is 16.9. The summed E-state index contributed by atoms with van der Waals surface area (Å²) in [4.78, 5) is 50.2. The summed E-state index contributed by atoms with van der Waals surface area (Å²) in [7, 11) is 0. The van der Waals surface area contributed by atoms with E-state index in [-0.39, 0.29) is 35.7 Å². The maximum absolute atomic E-state index is 14.4. The van der Waals surface area contributed by atoms with Gasteiger partial charge in [-0.05, 0) is 36.4 Å². The zero-order valence-corrected chi connectivity index (χ0v) is 35.0. The van der Waals surface area contributed by atoms with Gasteiger partial charge in [0.05, 0.1) is 93.3 Å². The van der Waals surface area contributed by atoms with Crippen molar-refractivity contribution in [3.8, 4) is 34.0 Å². The molecule has 0 spiro atoms. The van der Waals surface area contributed by atoms with Gasteiger partial charge in [-0.2, -0.15) is 0 Å². The van der Waals surface area contributed by atoms with Gasteiger partial charge in [0.1, 0.15) is 36.0 Å². The van der Waals surface area contributed by atoms with Crippen LogP contribution in [0.5, 0.6) is 11.5 Å². The number of nitrogens with one attached hydrogen (secondary N) is 4. The Labute approximate surface area is 368 Å². The van der Waals surface area contributed by atoms with Gasteiger partial charge in [0.2, 0.25) is 5.69 Å². The monoisotopic (exact) mass is 869 g/mol. The number of nitrogen functional groups attached to an aromatic ring is 2. The van der Waals surface area contributed by atoms with Crippen molar-refractivity contribution in [2.75, 3.05) is 98.7 Å². The lowest BCUT2D eigenvalue weighted by atomic mass is 10.1. The zero-order valence-electron chi connectivity index (χ0n) is 35.0. The van der Waals surface area contributed by atoms with Gasteiger partial charge in [0, 0.05) is 49.5 Å². The second-order valence-corrected chi connectivity index (χ2v) is 14.7. The molecule has 64 heavy (non-hydrogen) atoms. The predicted octanol–water partition coefficient (Wildman–Crippen LogP) is 4.63. The van der Waals surface area contributed by atoms with Crippen molar-refractivity contribution in [2.45, 2.75) is 18.9 Å². The minimum absolute atomic E-state index is 0.0000123. The summed E-state index contributed by atoms with van der Waals surface area (Å²) in [5.74, 6) is 0.196.